The topological polar surface area (TPSA) is 42.4 Å². The third-order valence-electron chi connectivity index (χ3n) is 4.80. The average Bonchev–Trinajstić information content (AvgIpc) is 3.35. The molecule has 4 nitrogen and oxygen atoms in total. The first-order valence-corrected chi connectivity index (χ1v) is 11.3. The fourth-order valence-electron chi connectivity index (χ4n) is 3.29. The number of benzene rings is 2. The third-order valence-corrected chi connectivity index (χ3v) is 6.58. The van der Waals surface area contributed by atoms with E-state index in [0.29, 0.717) is 23.6 Å². The van der Waals surface area contributed by atoms with Crippen molar-refractivity contribution in [3.8, 4) is 0 Å². The summed E-state index contributed by atoms with van der Waals surface area (Å²) in [5, 5.41) is 0.599. The third kappa shape index (κ3) is 4.37. The summed E-state index contributed by atoms with van der Waals surface area (Å²) in [5.74, 6) is -0.319. The van der Waals surface area contributed by atoms with E-state index in [1.54, 1.807) is 22.7 Å². The standard InChI is InChI=1S/C21H21FN2O2S2/c1-27-17-7-4-14(5-8-17)11-20(25)24(13-16-3-2-10-26-16)21-23-18-9-6-15(22)12-19(18)28-21/h4-9,12,16H,2-3,10-11,13H2,1H3. The monoisotopic (exact) mass is 416 g/mol. The number of hydrogen-bond donors (Lipinski definition) is 0. The van der Waals surface area contributed by atoms with Crippen molar-refractivity contribution in [2.45, 2.75) is 30.3 Å². The van der Waals surface area contributed by atoms with Crippen LogP contribution in [0.5, 0.6) is 0 Å². The normalized spacial score (nSPS) is 16.6. The van der Waals surface area contributed by atoms with E-state index in [1.165, 1.54) is 28.4 Å². The summed E-state index contributed by atoms with van der Waals surface area (Å²) in [6, 6.07) is 12.5. The smallest absolute Gasteiger partial charge is 0.233 e. The molecule has 1 atom stereocenters. The lowest BCUT2D eigenvalue weighted by molar-refractivity contribution is -0.118. The van der Waals surface area contributed by atoms with Crippen LogP contribution in [0, 0.1) is 5.82 Å². The highest BCUT2D eigenvalue weighted by Gasteiger charge is 2.26. The molecule has 0 spiro atoms. The number of carbonyl (C=O) groups excluding carboxylic acids is 1. The highest BCUT2D eigenvalue weighted by Crippen LogP contribution is 2.31. The van der Waals surface area contributed by atoms with Crippen molar-refractivity contribution < 1.29 is 13.9 Å². The molecule has 3 aromatic rings. The van der Waals surface area contributed by atoms with Crippen molar-refractivity contribution in [1.29, 1.82) is 0 Å². The molecule has 1 amide bonds. The first-order chi connectivity index (χ1) is 13.6. The summed E-state index contributed by atoms with van der Waals surface area (Å²) >= 11 is 3.02. The summed E-state index contributed by atoms with van der Waals surface area (Å²) in [4.78, 5) is 20.6. The Morgan fingerprint density at radius 3 is 2.86 bits per heavy atom. The minimum Gasteiger partial charge on any atom is -0.376 e. The fourth-order valence-corrected chi connectivity index (χ4v) is 4.72. The molecular weight excluding hydrogens is 395 g/mol. The van der Waals surface area contributed by atoms with Crippen LogP contribution in [0.3, 0.4) is 0 Å². The number of anilines is 1. The molecule has 0 aliphatic carbocycles. The first kappa shape index (κ1) is 19.4. The zero-order chi connectivity index (χ0) is 19.5. The number of amides is 1. The van der Waals surface area contributed by atoms with E-state index in [4.69, 9.17) is 4.74 Å². The molecule has 0 saturated carbocycles. The van der Waals surface area contributed by atoms with E-state index in [1.807, 2.05) is 30.5 Å². The van der Waals surface area contributed by atoms with Gasteiger partial charge in [0, 0.05) is 11.5 Å². The van der Waals surface area contributed by atoms with Crippen LogP contribution in [0.15, 0.2) is 47.4 Å². The van der Waals surface area contributed by atoms with Gasteiger partial charge in [0.25, 0.3) is 0 Å². The number of thiazole rings is 1. The maximum Gasteiger partial charge on any atom is 0.233 e. The molecule has 2 aromatic carbocycles. The van der Waals surface area contributed by atoms with Gasteiger partial charge in [-0.3, -0.25) is 9.69 Å². The number of aromatic nitrogens is 1. The summed E-state index contributed by atoms with van der Waals surface area (Å²) in [5.41, 5.74) is 1.67. The van der Waals surface area contributed by atoms with Crippen LogP contribution in [-0.4, -0.2) is 36.4 Å². The Hall–Kier alpha value is -1.96. The minimum atomic E-state index is -0.298. The highest BCUT2D eigenvalue weighted by molar-refractivity contribution is 7.98. The molecular formula is C21H21FN2O2S2. The van der Waals surface area contributed by atoms with Crippen LogP contribution < -0.4 is 4.90 Å². The van der Waals surface area contributed by atoms with Crippen LogP contribution >= 0.6 is 23.1 Å². The van der Waals surface area contributed by atoms with E-state index in [0.717, 1.165) is 29.7 Å². The second-order valence-corrected chi connectivity index (χ2v) is 8.66. The summed E-state index contributed by atoms with van der Waals surface area (Å²) in [6.45, 7) is 1.21. The molecule has 28 heavy (non-hydrogen) atoms. The van der Waals surface area contributed by atoms with Gasteiger partial charge in [-0.05, 0) is 55.0 Å². The van der Waals surface area contributed by atoms with Crippen LogP contribution in [0.1, 0.15) is 18.4 Å². The van der Waals surface area contributed by atoms with Gasteiger partial charge in [-0.2, -0.15) is 0 Å². The van der Waals surface area contributed by atoms with E-state index in [9.17, 15) is 9.18 Å². The van der Waals surface area contributed by atoms with Gasteiger partial charge in [-0.25, -0.2) is 9.37 Å². The number of fused-ring (bicyclic) bond motifs is 1. The lowest BCUT2D eigenvalue weighted by Gasteiger charge is -2.23. The second kappa shape index (κ2) is 8.59. The number of rotatable bonds is 6. The zero-order valence-corrected chi connectivity index (χ0v) is 17.2. The molecule has 0 radical (unpaired) electrons. The average molecular weight is 417 g/mol. The van der Waals surface area contributed by atoms with E-state index < -0.39 is 0 Å². The van der Waals surface area contributed by atoms with Gasteiger partial charge in [-0.1, -0.05) is 23.5 Å². The van der Waals surface area contributed by atoms with Crippen LogP contribution in [0.25, 0.3) is 10.2 Å². The Labute approximate surface area is 171 Å². The number of carbonyl (C=O) groups is 1. The molecule has 146 valence electrons. The zero-order valence-electron chi connectivity index (χ0n) is 15.6. The van der Waals surface area contributed by atoms with Gasteiger partial charge in [0.1, 0.15) is 5.82 Å². The van der Waals surface area contributed by atoms with Gasteiger partial charge in [0.2, 0.25) is 5.91 Å². The van der Waals surface area contributed by atoms with Crippen molar-refractivity contribution >= 4 is 44.4 Å². The molecule has 2 heterocycles. The van der Waals surface area contributed by atoms with Crippen molar-refractivity contribution in [1.82, 2.24) is 4.98 Å². The SMILES string of the molecule is CSc1ccc(CC(=O)N(CC2CCCO2)c2nc3ccc(F)cc3s2)cc1. The van der Waals surface area contributed by atoms with Crippen molar-refractivity contribution in [2.75, 3.05) is 24.3 Å². The number of thioether (sulfide) groups is 1. The summed E-state index contributed by atoms with van der Waals surface area (Å²) in [6.07, 6.45) is 4.29. The molecule has 1 unspecified atom stereocenters. The van der Waals surface area contributed by atoms with Crippen molar-refractivity contribution in [3.63, 3.8) is 0 Å². The molecule has 7 heteroatoms. The molecule has 1 saturated heterocycles. The lowest BCUT2D eigenvalue weighted by atomic mass is 10.1. The van der Waals surface area contributed by atoms with Gasteiger partial charge < -0.3 is 4.74 Å². The predicted octanol–water partition coefficient (Wildman–Crippen LogP) is 4.91. The van der Waals surface area contributed by atoms with Crippen molar-refractivity contribution in [3.05, 3.63) is 53.8 Å². The van der Waals surface area contributed by atoms with Crippen LogP contribution in [-0.2, 0) is 16.0 Å². The molecule has 1 fully saturated rings. The minimum absolute atomic E-state index is 0.0200. The van der Waals surface area contributed by atoms with E-state index >= 15 is 0 Å². The predicted molar refractivity (Wildman–Crippen MR) is 113 cm³/mol. The van der Waals surface area contributed by atoms with Gasteiger partial charge >= 0.3 is 0 Å². The number of ether oxygens (including phenoxy) is 1. The maximum atomic E-state index is 13.6. The fraction of sp³-hybridized carbons (Fsp3) is 0.333. The highest BCUT2D eigenvalue weighted by atomic mass is 32.2. The second-order valence-electron chi connectivity index (χ2n) is 6.77. The molecule has 1 aromatic heterocycles. The van der Waals surface area contributed by atoms with Crippen LogP contribution in [0.2, 0.25) is 0 Å². The Balaban J connectivity index is 1.60. The Morgan fingerprint density at radius 1 is 1.32 bits per heavy atom. The number of nitrogens with zero attached hydrogens (tertiary/aromatic N) is 2. The quantitative estimate of drug-likeness (QED) is 0.536. The molecule has 0 bridgehead atoms. The Morgan fingerprint density at radius 2 is 2.14 bits per heavy atom. The van der Waals surface area contributed by atoms with E-state index in [2.05, 4.69) is 4.98 Å². The summed E-state index contributed by atoms with van der Waals surface area (Å²) < 4.78 is 20.0. The van der Waals surface area contributed by atoms with Crippen molar-refractivity contribution in [2.24, 2.45) is 0 Å². The Bertz CT molecular complexity index is 968. The van der Waals surface area contributed by atoms with Gasteiger partial charge in [-0.15, -0.1) is 11.8 Å². The first-order valence-electron chi connectivity index (χ1n) is 9.23. The lowest BCUT2D eigenvalue weighted by Crippen LogP contribution is -2.38. The maximum absolute atomic E-state index is 13.6. The molecule has 1 aliphatic rings. The number of hydrogen-bond acceptors (Lipinski definition) is 5. The summed E-state index contributed by atoms with van der Waals surface area (Å²) in [7, 11) is 0. The van der Waals surface area contributed by atoms with Gasteiger partial charge in [0.15, 0.2) is 5.13 Å². The van der Waals surface area contributed by atoms with Crippen LogP contribution in [0.4, 0.5) is 9.52 Å². The molecule has 4 rings (SSSR count). The molecule has 1 aliphatic heterocycles. The number of halogens is 1. The Kier molecular flexibility index (Phi) is 5.94. The molecule has 0 N–H and O–H groups in total. The van der Waals surface area contributed by atoms with Gasteiger partial charge in [0.05, 0.1) is 29.3 Å². The largest absolute Gasteiger partial charge is 0.376 e. The van der Waals surface area contributed by atoms with E-state index in [-0.39, 0.29) is 17.8 Å².